The van der Waals surface area contributed by atoms with Crippen molar-refractivity contribution in [2.24, 2.45) is 0 Å². The Hall–Kier alpha value is -1.95. The van der Waals surface area contributed by atoms with E-state index in [1.54, 1.807) is 18.2 Å². The van der Waals surface area contributed by atoms with Crippen molar-refractivity contribution in [1.29, 1.82) is 0 Å². The SMILES string of the molecule is CC(C)NCC(=O)NCc1ccccc1[N+](=O)[O-]. The Labute approximate surface area is 106 Å². The normalized spacial score (nSPS) is 10.4. The van der Waals surface area contributed by atoms with Gasteiger partial charge >= 0.3 is 0 Å². The van der Waals surface area contributed by atoms with E-state index >= 15 is 0 Å². The molecule has 0 fully saturated rings. The molecule has 0 aliphatic rings. The number of nitrogens with zero attached hydrogens (tertiary/aromatic N) is 1. The van der Waals surface area contributed by atoms with E-state index in [0.717, 1.165) is 0 Å². The third-order valence-electron chi connectivity index (χ3n) is 2.34. The molecule has 1 rings (SSSR count). The molecule has 1 aromatic carbocycles. The summed E-state index contributed by atoms with van der Waals surface area (Å²) in [5.41, 5.74) is 0.523. The van der Waals surface area contributed by atoms with Crippen molar-refractivity contribution in [3.8, 4) is 0 Å². The molecule has 1 amide bonds. The summed E-state index contributed by atoms with van der Waals surface area (Å²) in [7, 11) is 0. The highest BCUT2D eigenvalue weighted by Crippen LogP contribution is 2.16. The van der Waals surface area contributed by atoms with Crippen LogP contribution >= 0.6 is 0 Å². The zero-order valence-electron chi connectivity index (χ0n) is 10.5. The molecule has 0 spiro atoms. The zero-order chi connectivity index (χ0) is 13.5. The predicted molar refractivity (Wildman–Crippen MR) is 68.1 cm³/mol. The van der Waals surface area contributed by atoms with Gasteiger partial charge in [-0.3, -0.25) is 14.9 Å². The van der Waals surface area contributed by atoms with E-state index in [2.05, 4.69) is 10.6 Å². The smallest absolute Gasteiger partial charge is 0.274 e. The lowest BCUT2D eigenvalue weighted by Gasteiger charge is -2.09. The van der Waals surface area contributed by atoms with Crippen molar-refractivity contribution in [2.75, 3.05) is 6.54 Å². The van der Waals surface area contributed by atoms with Gasteiger partial charge in [0.15, 0.2) is 0 Å². The van der Waals surface area contributed by atoms with Crippen LogP contribution in [0.15, 0.2) is 24.3 Å². The van der Waals surface area contributed by atoms with Crippen LogP contribution < -0.4 is 10.6 Å². The number of carbonyl (C=O) groups excluding carboxylic acids is 1. The van der Waals surface area contributed by atoms with Gasteiger partial charge in [-0.1, -0.05) is 32.0 Å². The molecule has 0 aliphatic carbocycles. The van der Waals surface area contributed by atoms with Crippen LogP contribution in [0, 0.1) is 10.1 Å². The van der Waals surface area contributed by atoms with Crippen LogP contribution in [-0.2, 0) is 11.3 Å². The van der Waals surface area contributed by atoms with Crippen LogP contribution in [0.2, 0.25) is 0 Å². The number of hydrogen-bond donors (Lipinski definition) is 2. The summed E-state index contributed by atoms with van der Waals surface area (Å²) in [6, 6.07) is 6.59. The van der Waals surface area contributed by atoms with Gasteiger partial charge in [-0.05, 0) is 0 Å². The van der Waals surface area contributed by atoms with Gasteiger partial charge in [0, 0.05) is 24.2 Å². The summed E-state index contributed by atoms with van der Waals surface area (Å²) < 4.78 is 0. The second kappa shape index (κ2) is 6.70. The summed E-state index contributed by atoms with van der Waals surface area (Å²) >= 11 is 0. The molecule has 0 atom stereocenters. The Morgan fingerprint density at radius 2 is 2.06 bits per heavy atom. The van der Waals surface area contributed by atoms with Gasteiger partial charge in [0.2, 0.25) is 5.91 Å². The number of amides is 1. The van der Waals surface area contributed by atoms with Gasteiger partial charge in [0.05, 0.1) is 11.5 Å². The van der Waals surface area contributed by atoms with Gasteiger partial charge in [0.1, 0.15) is 0 Å². The van der Waals surface area contributed by atoms with Crippen molar-refractivity contribution < 1.29 is 9.72 Å². The summed E-state index contributed by atoms with van der Waals surface area (Å²) in [5.74, 6) is -0.179. The van der Waals surface area contributed by atoms with Gasteiger partial charge in [0.25, 0.3) is 5.69 Å². The average molecular weight is 251 g/mol. The minimum atomic E-state index is -0.451. The second-order valence-corrected chi connectivity index (χ2v) is 4.20. The average Bonchev–Trinajstić information content (AvgIpc) is 2.34. The van der Waals surface area contributed by atoms with Crippen LogP contribution in [-0.4, -0.2) is 23.4 Å². The molecular weight excluding hydrogens is 234 g/mol. The molecule has 6 heteroatoms. The number of nitrogens with one attached hydrogen (secondary N) is 2. The molecule has 98 valence electrons. The predicted octanol–water partition coefficient (Wildman–Crippen LogP) is 1.21. The van der Waals surface area contributed by atoms with Gasteiger partial charge in [-0.15, -0.1) is 0 Å². The Morgan fingerprint density at radius 3 is 2.67 bits per heavy atom. The number of nitro benzene ring substituents is 1. The lowest BCUT2D eigenvalue weighted by atomic mass is 10.2. The topological polar surface area (TPSA) is 84.3 Å². The minimum absolute atomic E-state index is 0.0228. The van der Waals surface area contributed by atoms with E-state index in [1.807, 2.05) is 13.8 Å². The Balaban J connectivity index is 2.53. The van der Waals surface area contributed by atoms with Gasteiger partial charge < -0.3 is 10.6 Å². The van der Waals surface area contributed by atoms with Gasteiger partial charge in [-0.2, -0.15) is 0 Å². The van der Waals surface area contributed by atoms with E-state index in [4.69, 9.17) is 0 Å². The van der Waals surface area contributed by atoms with Crippen LogP contribution in [0.3, 0.4) is 0 Å². The van der Waals surface area contributed by atoms with Crippen LogP contribution in [0.4, 0.5) is 5.69 Å². The fourth-order valence-electron chi connectivity index (χ4n) is 1.39. The molecule has 0 heterocycles. The molecule has 6 nitrogen and oxygen atoms in total. The first-order chi connectivity index (χ1) is 8.50. The molecule has 1 aromatic rings. The third-order valence-corrected chi connectivity index (χ3v) is 2.34. The molecule has 0 bridgehead atoms. The highest BCUT2D eigenvalue weighted by Gasteiger charge is 2.12. The Morgan fingerprint density at radius 1 is 1.39 bits per heavy atom. The summed E-state index contributed by atoms with van der Waals surface area (Å²) in [6.07, 6.45) is 0. The Bertz CT molecular complexity index is 432. The molecule has 18 heavy (non-hydrogen) atoms. The molecule has 0 aromatic heterocycles. The van der Waals surface area contributed by atoms with E-state index in [9.17, 15) is 14.9 Å². The third kappa shape index (κ3) is 4.50. The summed E-state index contributed by atoms with van der Waals surface area (Å²) in [5, 5.41) is 16.4. The second-order valence-electron chi connectivity index (χ2n) is 4.20. The molecule has 0 saturated carbocycles. The monoisotopic (exact) mass is 251 g/mol. The van der Waals surface area contributed by atoms with Crippen molar-refractivity contribution in [1.82, 2.24) is 10.6 Å². The maximum atomic E-state index is 11.5. The largest absolute Gasteiger partial charge is 0.351 e. The first-order valence-electron chi connectivity index (χ1n) is 5.73. The summed E-state index contributed by atoms with van der Waals surface area (Å²) in [6.45, 7) is 4.25. The standard InChI is InChI=1S/C12H17N3O3/c1-9(2)13-8-12(16)14-7-10-5-3-4-6-11(10)15(17)18/h3-6,9,13H,7-8H2,1-2H3,(H,14,16). The van der Waals surface area contributed by atoms with E-state index in [-0.39, 0.29) is 30.7 Å². The lowest BCUT2D eigenvalue weighted by Crippen LogP contribution is -2.36. The highest BCUT2D eigenvalue weighted by molar-refractivity contribution is 5.78. The number of carbonyl (C=O) groups is 1. The maximum absolute atomic E-state index is 11.5. The van der Waals surface area contributed by atoms with Crippen molar-refractivity contribution in [3.63, 3.8) is 0 Å². The first-order valence-corrected chi connectivity index (χ1v) is 5.73. The van der Waals surface area contributed by atoms with Crippen molar-refractivity contribution in [3.05, 3.63) is 39.9 Å². The lowest BCUT2D eigenvalue weighted by molar-refractivity contribution is -0.385. The quantitative estimate of drug-likeness (QED) is 0.588. The Kier molecular flexibility index (Phi) is 5.26. The molecular formula is C12H17N3O3. The number of nitro groups is 1. The van der Waals surface area contributed by atoms with Gasteiger partial charge in [-0.25, -0.2) is 0 Å². The minimum Gasteiger partial charge on any atom is -0.351 e. The fourth-order valence-corrected chi connectivity index (χ4v) is 1.39. The number of para-hydroxylation sites is 1. The molecule has 0 saturated heterocycles. The van der Waals surface area contributed by atoms with E-state index < -0.39 is 4.92 Å². The zero-order valence-corrected chi connectivity index (χ0v) is 10.5. The number of hydrogen-bond acceptors (Lipinski definition) is 4. The molecule has 0 unspecified atom stereocenters. The highest BCUT2D eigenvalue weighted by atomic mass is 16.6. The van der Waals surface area contributed by atoms with Crippen LogP contribution in [0.5, 0.6) is 0 Å². The van der Waals surface area contributed by atoms with Crippen LogP contribution in [0.1, 0.15) is 19.4 Å². The molecule has 0 aliphatic heterocycles. The van der Waals surface area contributed by atoms with E-state index in [0.29, 0.717) is 5.56 Å². The van der Waals surface area contributed by atoms with E-state index in [1.165, 1.54) is 6.07 Å². The fraction of sp³-hybridized carbons (Fsp3) is 0.417. The van der Waals surface area contributed by atoms with Crippen molar-refractivity contribution in [2.45, 2.75) is 26.4 Å². The number of rotatable bonds is 6. The number of benzene rings is 1. The maximum Gasteiger partial charge on any atom is 0.274 e. The first kappa shape index (κ1) is 14.1. The van der Waals surface area contributed by atoms with Crippen LogP contribution in [0.25, 0.3) is 0 Å². The molecule has 2 N–H and O–H groups in total. The molecule has 0 radical (unpaired) electrons. The van der Waals surface area contributed by atoms with Crippen molar-refractivity contribution >= 4 is 11.6 Å². The summed E-state index contributed by atoms with van der Waals surface area (Å²) in [4.78, 5) is 21.8.